The quantitative estimate of drug-likeness (QED) is 0.204. The van der Waals surface area contributed by atoms with Crippen molar-refractivity contribution in [2.24, 2.45) is 0 Å². The van der Waals surface area contributed by atoms with Crippen LogP contribution in [0.25, 0.3) is 0 Å². The summed E-state index contributed by atoms with van der Waals surface area (Å²) in [7, 11) is 0. The Morgan fingerprint density at radius 2 is 0.964 bits per heavy atom. The lowest BCUT2D eigenvalue weighted by molar-refractivity contribution is -0.205. The Morgan fingerprint density at radius 3 is 1.18 bits per heavy atom. The number of carboxylic acid groups (broad SMARTS) is 4. The molecule has 1 fully saturated rings. The normalized spacial score (nSPS) is 24.7. The fourth-order valence-electron chi connectivity index (χ4n) is 1.08. The Labute approximate surface area is 166 Å². The predicted molar refractivity (Wildman–Crippen MR) is 96.0 cm³/mol. The van der Waals surface area contributed by atoms with Gasteiger partial charge in [-0.25, -0.2) is 0 Å². The molecular formula is C14H28O13S. The van der Waals surface area contributed by atoms with E-state index in [0.29, 0.717) is 0 Å². The van der Waals surface area contributed by atoms with Crippen molar-refractivity contribution in [3.05, 3.63) is 0 Å². The first-order chi connectivity index (χ1) is 12.5. The molecule has 0 aromatic heterocycles. The van der Waals surface area contributed by atoms with Gasteiger partial charge in [0.1, 0.15) is 29.9 Å². The summed E-state index contributed by atoms with van der Waals surface area (Å²) in [6, 6.07) is 0. The number of carboxylic acids is 4. The molecule has 0 saturated carbocycles. The molecule has 1 aliphatic rings. The van der Waals surface area contributed by atoms with E-state index in [1.165, 1.54) is 0 Å². The zero-order valence-corrected chi connectivity index (χ0v) is 16.6. The van der Waals surface area contributed by atoms with Crippen molar-refractivity contribution < 1.29 is 64.8 Å². The van der Waals surface area contributed by atoms with Gasteiger partial charge in [0.25, 0.3) is 23.9 Å². The summed E-state index contributed by atoms with van der Waals surface area (Å²) in [5, 5.41) is 65.8. The first kappa shape index (κ1) is 33.6. The van der Waals surface area contributed by atoms with Gasteiger partial charge in [-0.1, -0.05) is 0 Å². The molecule has 0 aliphatic carbocycles. The lowest BCUT2D eigenvalue weighted by Gasteiger charge is -2.37. The molecule has 0 spiro atoms. The number of aliphatic hydroxyl groups is 4. The summed E-state index contributed by atoms with van der Waals surface area (Å²) in [6.07, 6.45) is -4.70. The highest BCUT2D eigenvalue weighted by atomic mass is 32.1. The second-order valence-electron chi connectivity index (χ2n) is 4.80. The highest BCUT2D eigenvalue weighted by Gasteiger charge is 2.41. The molecule has 0 aromatic carbocycles. The molecule has 0 unspecified atom stereocenters. The van der Waals surface area contributed by atoms with E-state index in [1.54, 1.807) is 0 Å². The number of carbonyl (C=O) groups is 4. The van der Waals surface area contributed by atoms with Crippen LogP contribution in [-0.2, 0) is 23.9 Å². The maximum atomic E-state index is 9.20. The Morgan fingerprint density at radius 1 is 0.714 bits per heavy atom. The van der Waals surface area contributed by atoms with Crippen LogP contribution in [0.4, 0.5) is 0 Å². The Kier molecular flexibility index (Phi) is 23.7. The fraction of sp³-hybridized carbons (Fsp3) is 0.714. The molecule has 168 valence electrons. The minimum atomic E-state index is -1.32. The van der Waals surface area contributed by atoms with Gasteiger partial charge in [0, 0.05) is 27.7 Å². The average molecular weight is 436 g/mol. The van der Waals surface area contributed by atoms with Gasteiger partial charge in [-0.3, -0.25) is 19.2 Å². The van der Waals surface area contributed by atoms with Crippen LogP contribution in [0, 0.1) is 0 Å². The van der Waals surface area contributed by atoms with E-state index < -0.39 is 60.3 Å². The summed E-state index contributed by atoms with van der Waals surface area (Å²) < 4.78 is 4.88. The molecule has 1 heterocycles. The standard InChI is InChI=1S/C6H12O5S.4C2H4O2/c7-1-2-3(8)4(9)5(10)6(12)11-2;4*1-2(3)4/h2-10,12H,1H2;4*1H3,(H,3,4)/t2-,3-,4+,5-,6+;;;;/m1..../s1. The molecule has 0 bridgehead atoms. The number of ether oxygens (including phenoxy) is 1. The Balaban J connectivity index is -0.000000150. The highest BCUT2D eigenvalue weighted by molar-refractivity contribution is 7.80. The highest BCUT2D eigenvalue weighted by Crippen LogP contribution is 2.22. The second-order valence-corrected chi connectivity index (χ2v) is 5.30. The van der Waals surface area contributed by atoms with Crippen molar-refractivity contribution in [3.8, 4) is 0 Å². The molecule has 8 N–H and O–H groups in total. The van der Waals surface area contributed by atoms with Crippen LogP contribution >= 0.6 is 12.6 Å². The molecule has 13 nitrogen and oxygen atoms in total. The number of rotatable bonds is 1. The van der Waals surface area contributed by atoms with Crippen LogP contribution in [0.3, 0.4) is 0 Å². The molecule has 0 aromatic rings. The third-order valence-electron chi connectivity index (χ3n) is 1.87. The zero-order chi connectivity index (χ0) is 23.6. The van der Waals surface area contributed by atoms with Gasteiger partial charge in [0.15, 0.2) is 0 Å². The predicted octanol–water partition coefficient (Wildman–Crippen LogP) is -1.92. The SMILES string of the molecule is CC(=O)O.CC(=O)O.CC(=O)O.CC(=O)O.OC[C@H]1O[C@@H](S)[C@H](O)[C@@H](O)[C@@H]1O. The largest absolute Gasteiger partial charge is 0.481 e. The number of hydrogen-bond donors (Lipinski definition) is 9. The van der Waals surface area contributed by atoms with Crippen LogP contribution in [-0.4, -0.2) is 101 Å². The number of hydrogen-bond acceptors (Lipinski definition) is 10. The zero-order valence-electron chi connectivity index (χ0n) is 15.7. The van der Waals surface area contributed by atoms with E-state index in [1.807, 2.05) is 0 Å². The van der Waals surface area contributed by atoms with Gasteiger partial charge in [-0.05, 0) is 0 Å². The Hall–Kier alpha value is -1.97. The molecule has 0 radical (unpaired) electrons. The first-order valence-corrected chi connectivity index (χ1v) is 7.79. The molecule has 5 atom stereocenters. The van der Waals surface area contributed by atoms with Crippen molar-refractivity contribution in [1.82, 2.24) is 0 Å². The van der Waals surface area contributed by atoms with E-state index >= 15 is 0 Å². The second kappa shape index (κ2) is 19.8. The monoisotopic (exact) mass is 436 g/mol. The van der Waals surface area contributed by atoms with Crippen molar-refractivity contribution in [2.75, 3.05) is 6.61 Å². The van der Waals surface area contributed by atoms with Gasteiger partial charge >= 0.3 is 0 Å². The molecular weight excluding hydrogens is 408 g/mol. The summed E-state index contributed by atoms with van der Waals surface area (Å²) in [5.74, 6) is -3.33. The lowest BCUT2D eigenvalue weighted by Crippen LogP contribution is -2.56. The van der Waals surface area contributed by atoms with Crippen LogP contribution < -0.4 is 0 Å². The van der Waals surface area contributed by atoms with Crippen molar-refractivity contribution in [3.63, 3.8) is 0 Å². The number of thiol groups is 1. The minimum absolute atomic E-state index is 0.415. The Bertz CT molecular complexity index is 388. The van der Waals surface area contributed by atoms with Crippen molar-refractivity contribution in [1.29, 1.82) is 0 Å². The van der Waals surface area contributed by atoms with Gasteiger partial charge < -0.3 is 45.6 Å². The van der Waals surface area contributed by atoms with Crippen LogP contribution in [0.5, 0.6) is 0 Å². The number of aliphatic hydroxyl groups excluding tert-OH is 4. The number of aliphatic carboxylic acids is 4. The van der Waals surface area contributed by atoms with E-state index in [0.717, 1.165) is 27.7 Å². The van der Waals surface area contributed by atoms with Crippen molar-refractivity contribution in [2.45, 2.75) is 57.5 Å². The maximum Gasteiger partial charge on any atom is 0.300 e. The topological polar surface area (TPSA) is 239 Å². The average Bonchev–Trinajstić information content (AvgIpc) is 2.46. The van der Waals surface area contributed by atoms with Crippen LogP contribution in [0.15, 0.2) is 0 Å². The van der Waals surface area contributed by atoms with Crippen LogP contribution in [0.2, 0.25) is 0 Å². The third-order valence-corrected chi connectivity index (χ3v) is 2.29. The summed E-state index contributed by atoms with van der Waals surface area (Å²) in [6.45, 7) is 3.92. The molecule has 14 heteroatoms. The minimum Gasteiger partial charge on any atom is -0.481 e. The van der Waals surface area contributed by atoms with Gasteiger partial charge in [-0.15, -0.1) is 12.6 Å². The molecule has 0 amide bonds. The van der Waals surface area contributed by atoms with Crippen LogP contribution in [0.1, 0.15) is 27.7 Å². The maximum absolute atomic E-state index is 9.20. The summed E-state index contributed by atoms with van der Waals surface area (Å²) in [4.78, 5) is 36.0. The van der Waals surface area contributed by atoms with Crippen molar-refractivity contribution >= 4 is 36.5 Å². The summed E-state index contributed by atoms with van der Waals surface area (Å²) >= 11 is 3.81. The van der Waals surface area contributed by atoms with E-state index in [9.17, 15) is 10.2 Å². The van der Waals surface area contributed by atoms with Gasteiger partial charge in [0.2, 0.25) is 0 Å². The van der Waals surface area contributed by atoms with Gasteiger partial charge in [0.05, 0.1) is 6.61 Å². The molecule has 28 heavy (non-hydrogen) atoms. The van der Waals surface area contributed by atoms with Gasteiger partial charge in [-0.2, -0.15) is 0 Å². The molecule has 1 aliphatic heterocycles. The summed E-state index contributed by atoms with van der Waals surface area (Å²) in [5.41, 5.74) is -0.874. The molecule has 1 rings (SSSR count). The smallest absolute Gasteiger partial charge is 0.300 e. The fourth-order valence-corrected chi connectivity index (χ4v) is 1.41. The van der Waals surface area contributed by atoms with E-state index in [2.05, 4.69) is 12.6 Å². The first-order valence-electron chi connectivity index (χ1n) is 7.27. The van der Waals surface area contributed by atoms with E-state index in [4.69, 9.17) is 54.6 Å². The molecule has 1 saturated heterocycles. The third kappa shape index (κ3) is 31.8. The lowest BCUT2D eigenvalue weighted by atomic mass is 10.0. The van der Waals surface area contributed by atoms with E-state index in [-0.39, 0.29) is 0 Å².